The first-order valence-corrected chi connectivity index (χ1v) is 10.8. The first-order valence-electron chi connectivity index (χ1n) is 10.8. The minimum atomic E-state index is -0.320. The highest BCUT2D eigenvalue weighted by atomic mass is 19.1. The summed E-state index contributed by atoms with van der Waals surface area (Å²) in [6.45, 7) is 6.06. The summed E-state index contributed by atoms with van der Waals surface area (Å²) >= 11 is 0. The number of fused-ring (bicyclic) bond motifs is 1. The van der Waals surface area contributed by atoms with Crippen LogP contribution >= 0.6 is 0 Å². The first kappa shape index (κ1) is 19.7. The van der Waals surface area contributed by atoms with Crippen LogP contribution in [0.5, 0.6) is 0 Å². The van der Waals surface area contributed by atoms with Crippen molar-refractivity contribution in [2.45, 2.75) is 26.3 Å². The fourth-order valence-electron chi connectivity index (χ4n) is 4.36. The Hall–Kier alpha value is -3.25. The first-order chi connectivity index (χ1) is 15.1. The van der Waals surface area contributed by atoms with Crippen LogP contribution in [-0.2, 0) is 6.54 Å². The number of hydrogen-bond donors (Lipinski definition) is 0. The predicted octanol–water partition coefficient (Wildman–Crippen LogP) is 4.40. The number of aromatic nitrogens is 3. The molecule has 158 valence electrons. The van der Waals surface area contributed by atoms with E-state index < -0.39 is 0 Å². The van der Waals surface area contributed by atoms with Crippen LogP contribution in [0.3, 0.4) is 0 Å². The number of pyridine rings is 1. The Morgan fingerprint density at radius 3 is 2.61 bits per heavy atom. The molecule has 0 atom stereocenters. The monoisotopic (exact) mass is 416 g/mol. The van der Waals surface area contributed by atoms with E-state index in [1.54, 1.807) is 22.9 Å². The number of nitrogens with zero attached hydrogens (tertiary/aromatic N) is 4. The number of halogens is 1. The Morgan fingerprint density at radius 2 is 1.84 bits per heavy atom. The molecule has 0 N–H and O–H groups in total. The molecule has 5 rings (SSSR count). The lowest BCUT2D eigenvalue weighted by molar-refractivity contribution is 0.318. The van der Waals surface area contributed by atoms with Gasteiger partial charge in [-0.2, -0.15) is 5.10 Å². The molecule has 6 heteroatoms. The molecule has 0 amide bonds. The van der Waals surface area contributed by atoms with Crippen molar-refractivity contribution >= 4 is 10.9 Å². The van der Waals surface area contributed by atoms with Gasteiger partial charge >= 0.3 is 0 Å². The Morgan fingerprint density at radius 1 is 1.00 bits per heavy atom. The quantitative estimate of drug-likeness (QED) is 0.484. The summed E-state index contributed by atoms with van der Waals surface area (Å²) in [5.74, 6) is -0.320. The van der Waals surface area contributed by atoms with E-state index in [4.69, 9.17) is 0 Å². The molecule has 0 aliphatic carbocycles. The lowest BCUT2D eigenvalue weighted by Gasteiger charge is -2.14. The third-order valence-corrected chi connectivity index (χ3v) is 6.09. The van der Waals surface area contributed by atoms with Crippen LogP contribution in [-0.4, -0.2) is 38.9 Å². The largest absolute Gasteiger partial charge is 0.301 e. The van der Waals surface area contributed by atoms with Gasteiger partial charge < -0.3 is 4.90 Å². The molecular weight excluding hydrogens is 391 g/mol. The van der Waals surface area contributed by atoms with Crippen LogP contribution in [0.4, 0.5) is 4.39 Å². The molecule has 0 bridgehead atoms. The summed E-state index contributed by atoms with van der Waals surface area (Å²) in [5, 5.41) is 5.54. The molecule has 3 heterocycles. The van der Waals surface area contributed by atoms with Gasteiger partial charge in [-0.15, -0.1) is 0 Å². The number of likely N-dealkylation sites (tertiary alicyclic amines) is 1. The average molecular weight is 417 g/mol. The van der Waals surface area contributed by atoms with Crippen molar-refractivity contribution in [1.29, 1.82) is 0 Å². The second-order valence-corrected chi connectivity index (χ2v) is 8.27. The van der Waals surface area contributed by atoms with Crippen LogP contribution in [0.15, 0.2) is 65.7 Å². The molecule has 4 aromatic rings. The lowest BCUT2D eigenvalue weighted by atomic mass is 10.0. The van der Waals surface area contributed by atoms with Crippen molar-refractivity contribution in [3.05, 3.63) is 82.7 Å². The maximum absolute atomic E-state index is 14.3. The topological polar surface area (TPSA) is 43.1 Å². The molecule has 1 fully saturated rings. The van der Waals surface area contributed by atoms with E-state index in [0.717, 1.165) is 35.2 Å². The molecule has 1 saturated heterocycles. The smallest absolute Gasteiger partial charge is 0.255 e. The minimum Gasteiger partial charge on any atom is -0.301 e. The molecule has 1 aliphatic rings. The van der Waals surface area contributed by atoms with Gasteiger partial charge in [-0.3, -0.25) is 14.0 Å². The zero-order valence-electron chi connectivity index (χ0n) is 17.6. The van der Waals surface area contributed by atoms with Crippen LogP contribution in [0, 0.1) is 12.7 Å². The van der Waals surface area contributed by atoms with Crippen molar-refractivity contribution in [3.8, 4) is 16.8 Å². The molecule has 0 radical (unpaired) electrons. The van der Waals surface area contributed by atoms with E-state index in [1.807, 2.05) is 42.1 Å². The minimum absolute atomic E-state index is 0.196. The highest BCUT2D eigenvalue weighted by Gasteiger charge is 2.13. The number of hydrogen-bond acceptors (Lipinski definition) is 3. The molecule has 5 nitrogen and oxygen atoms in total. The van der Waals surface area contributed by atoms with E-state index in [0.29, 0.717) is 11.1 Å². The number of benzene rings is 2. The van der Waals surface area contributed by atoms with Gasteiger partial charge in [-0.1, -0.05) is 12.1 Å². The lowest BCUT2D eigenvalue weighted by Crippen LogP contribution is -2.24. The molecule has 0 saturated carbocycles. The fraction of sp³-hybridized carbons (Fsp3) is 0.280. The molecular formula is C25H25FN4O. The van der Waals surface area contributed by atoms with E-state index in [9.17, 15) is 9.18 Å². The second-order valence-electron chi connectivity index (χ2n) is 8.27. The van der Waals surface area contributed by atoms with Gasteiger partial charge in [0.25, 0.3) is 5.56 Å². The predicted molar refractivity (Wildman–Crippen MR) is 121 cm³/mol. The fourth-order valence-corrected chi connectivity index (χ4v) is 4.36. The summed E-state index contributed by atoms with van der Waals surface area (Å²) in [4.78, 5) is 15.3. The summed E-state index contributed by atoms with van der Waals surface area (Å²) in [5.41, 5.74) is 3.50. The van der Waals surface area contributed by atoms with Crippen molar-refractivity contribution in [2.75, 3.05) is 19.6 Å². The zero-order valence-corrected chi connectivity index (χ0v) is 17.6. The van der Waals surface area contributed by atoms with Gasteiger partial charge in [0, 0.05) is 35.4 Å². The molecule has 2 aromatic carbocycles. The van der Waals surface area contributed by atoms with Crippen molar-refractivity contribution < 1.29 is 4.39 Å². The third-order valence-electron chi connectivity index (χ3n) is 6.09. The standard InChI is InChI=1S/C25H25FN4O/c1-18-4-6-22(23(26)14-18)19-8-11-29(25(31)16-19)21-5-7-24-20(15-21)17-27-30(24)13-12-28-9-2-3-10-28/h4-8,11,14-17H,2-3,9-10,12-13H2,1H3. The maximum atomic E-state index is 14.3. The molecule has 2 aromatic heterocycles. The highest BCUT2D eigenvalue weighted by Crippen LogP contribution is 2.23. The normalized spacial score (nSPS) is 14.5. The number of aryl methyl sites for hydroxylation is 1. The van der Waals surface area contributed by atoms with Crippen molar-refractivity contribution in [3.63, 3.8) is 0 Å². The van der Waals surface area contributed by atoms with Crippen molar-refractivity contribution in [2.24, 2.45) is 0 Å². The molecule has 1 aliphatic heterocycles. The van der Waals surface area contributed by atoms with Gasteiger partial charge in [0.2, 0.25) is 0 Å². The van der Waals surface area contributed by atoms with Crippen LogP contribution in [0.2, 0.25) is 0 Å². The molecule has 0 spiro atoms. The third kappa shape index (κ3) is 3.91. The SMILES string of the molecule is Cc1ccc(-c2ccn(-c3ccc4c(cnn4CCN4CCCC4)c3)c(=O)c2)c(F)c1. The maximum Gasteiger partial charge on any atom is 0.255 e. The van der Waals surface area contributed by atoms with Crippen LogP contribution < -0.4 is 5.56 Å². The van der Waals surface area contributed by atoms with Crippen LogP contribution in [0.25, 0.3) is 27.7 Å². The van der Waals surface area contributed by atoms with Crippen molar-refractivity contribution in [1.82, 2.24) is 19.2 Å². The summed E-state index contributed by atoms with van der Waals surface area (Å²) < 4.78 is 17.9. The Balaban J connectivity index is 1.42. The molecule has 31 heavy (non-hydrogen) atoms. The average Bonchev–Trinajstić information content (AvgIpc) is 3.41. The Bertz CT molecular complexity index is 1300. The summed E-state index contributed by atoms with van der Waals surface area (Å²) in [7, 11) is 0. The van der Waals surface area contributed by atoms with Gasteiger partial charge in [0.15, 0.2) is 0 Å². The highest BCUT2D eigenvalue weighted by molar-refractivity contribution is 5.81. The van der Waals surface area contributed by atoms with E-state index >= 15 is 0 Å². The van der Waals surface area contributed by atoms with Crippen LogP contribution in [0.1, 0.15) is 18.4 Å². The van der Waals surface area contributed by atoms with Gasteiger partial charge in [0.05, 0.1) is 18.3 Å². The van der Waals surface area contributed by atoms with Gasteiger partial charge in [0.1, 0.15) is 5.82 Å². The summed E-state index contributed by atoms with van der Waals surface area (Å²) in [6.07, 6.45) is 6.13. The van der Waals surface area contributed by atoms with E-state index in [2.05, 4.69) is 10.00 Å². The number of rotatable bonds is 5. The van der Waals surface area contributed by atoms with Gasteiger partial charge in [-0.25, -0.2) is 4.39 Å². The Kier molecular flexibility index (Phi) is 5.16. The summed E-state index contributed by atoms with van der Waals surface area (Å²) in [6, 6.07) is 14.2. The second kappa shape index (κ2) is 8.12. The van der Waals surface area contributed by atoms with E-state index in [1.165, 1.54) is 38.1 Å². The Labute approximate surface area is 180 Å². The van der Waals surface area contributed by atoms with Gasteiger partial charge in [-0.05, 0) is 74.3 Å². The molecule has 0 unspecified atom stereocenters. The zero-order chi connectivity index (χ0) is 21.4. The van der Waals surface area contributed by atoms with E-state index in [-0.39, 0.29) is 11.4 Å².